The van der Waals surface area contributed by atoms with Gasteiger partial charge in [0.15, 0.2) is 0 Å². The van der Waals surface area contributed by atoms with E-state index in [1.807, 2.05) is 20.8 Å². The van der Waals surface area contributed by atoms with E-state index in [1.54, 1.807) is 35.2 Å². The van der Waals surface area contributed by atoms with Gasteiger partial charge in [-0.25, -0.2) is 9.78 Å². The fraction of sp³-hybridized carbons (Fsp3) is 0.391. The third-order valence-electron chi connectivity index (χ3n) is 4.98. The first-order chi connectivity index (χ1) is 15.5. The highest BCUT2D eigenvalue weighted by molar-refractivity contribution is 6.35. The molecule has 10 heteroatoms. The molecule has 0 bridgehead atoms. The summed E-state index contributed by atoms with van der Waals surface area (Å²) >= 11 is 12.1. The molecule has 1 aliphatic heterocycles. The van der Waals surface area contributed by atoms with E-state index in [1.165, 1.54) is 6.20 Å². The maximum absolute atomic E-state index is 12.9. The summed E-state index contributed by atoms with van der Waals surface area (Å²) < 4.78 is 5.39. The van der Waals surface area contributed by atoms with Crippen molar-refractivity contribution in [2.75, 3.05) is 23.7 Å². The SMILES string of the molecule is CC(C)(C)OC(=O)N1CCC(C(=O)Nc2cccc(Cl)c2C(=O)Nc2ccc(Cl)cn2)CC1. The number of rotatable bonds is 4. The lowest BCUT2D eigenvalue weighted by Gasteiger charge is -2.33. The number of nitrogens with one attached hydrogen (secondary N) is 2. The Morgan fingerprint density at radius 2 is 1.76 bits per heavy atom. The number of nitrogens with zero attached hydrogens (tertiary/aromatic N) is 2. The van der Waals surface area contributed by atoms with Crippen molar-refractivity contribution in [1.82, 2.24) is 9.88 Å². The van der Waals surface area contributed by atoms with Gasteiger partial charge in [-0.1, -0.05) is 29.3 Å². The molecule has 1 saturated heterocycles. The second-order valence-electron chi connectivity index (χ2n) is 8.71. The Morgan fingerprint density at radius 1 is 1.06 bits per heavy atom. The molecule has 1 aromatic heterocycles. The van der Waals surface area contributed by atoms with E-state index in [0.717, 1.165) is 0 Å². The van der Waals surface area contributed by atoms with Gasteiger partial charge in [0, 0.05) is 25.2 Å². The van der Waals surface area contributed by atoms with E-state index in [2.05, 4.69) is 15.6 Å². The average Bonchev–Trinajstić information content (AvgIpc) is 2.74. The molecule has 33 heavy (non-hydrogen) atoms. The Bertz CT molecular complexity index is 1030. The molecule has 0 atom stereocenters. The second-order valence-corrected chi connectivity index (χ2v) is 9.55. The summed E-state index contributed by atoms with van der Waals surface area (Å²) in [5.74, 6) is -0.752. The first-order valence-corrected chi connectivity index (χ1v) is 11.3. The molecule has 0 saturated carbocycles. The first kappa shape index (κ1) is 24.8. The van der Waals surface area contributed by atoms with Crippen LogP contribution in [0.2, 0.25) is 10.0 Å². The third kappa shape index (κ3) is 6.82. The molecule has 2 aromatic rings. The third-order valence-corrected chi connectivity index (χ3v) is 5.52. The van der Waals surface area contributed by atoms with Gasteiger partial charge in [-0.15, -0.1) is 0 Å². The summed E-state index contributed by atoms with van der Waals surface area (Å²) in [6.45, 7) is 6.27. The Labute approximate surface area is 202 Å². The fourth-order valence-corrected chi connectivity index (χ4v) is 3.75. The number of carbonyl (C=O) groups excluding carboxylic acids is 3. The molecule has 176 valence electrons. The average molecular weight is 493 g/mol. The minimum atomic E-state index is -0.573. The largest absolute Gasteiger partial charge is 0.444 e. The Balaban J connectivity index is 1.65. The summed E-state index contributed by atoms with van der Waals surface area (Å²) in [5.41, 5.74) is -0.139. The van der Waals surface area contributed by atoms with Crippen LogP contribution in [0.15, 0.2) is 36.5 Å². The van der Waals surface area contributed by atoms with E-state index in [4.69, 9.17) is 27.9 Å². The number of carbonyl (C=O) groups is 3. The van der Waals surface area contributed by atoms with Crippen molar-refractivity contribution in [3.8, 4) is 0 Å². The molecule has 1 fully saturated rings. The fourth-order valence-electron chi connectivity index (χ4n) is 3.37. The van der Waals surface area contributed by atoms with Crippen LogP contribution in [0.4, 0.5) is 16.3 Å². The zero-order valence-electron chi connectivity index (χ0n) is 18.7. The lowest BCUT2D eigenvalue weighted by atomic mass is 9.96. The van der Waals surface area contributed by atoms with Crippen LogP contribution in [-0.4, -0.2) is 46.5 Å². The molecule has 0 unspecified atom stereocenters. The number of pyridine rings is 1. The highest BCUT2D eigenvalue weighted by Gasteiger charge is 2.30. The number of halogens is 2. The molecule has 3 rings (SSSR count). The lowest BCUT2D eigenvalue weighted by molar-refractivity contribution is -0.121. The predicted molar refractivity (Wildman–Crippen MR) is 128 cm³/mol. The van der Waals surface area contributed by atoms with Crippen molar-refractivity contribution in [3.05, 3.63) is 52.1 Å². The van der Waals surface area contributed by atoms with Gasteiger partial charge in [-0.2, -0.15) is 0 Å². The van der Waals surface area contributed by atoms with Crippen LogP contribution >= 0.6 is 23.2 Å². The van der Waals surface area contributed by atoms with Gasteiger partial charge in [0.2, 0.25) is 5.91 Å². The van der Waals surface area contributed by atoms with Gasteiger partial charge in [0.25, 0.3) is 5.91 Å². The van der Waals surface area contributed by atoms with Crippen molar-refractivity contribution < 1.29 is 19.1 Å². The number of hydrogen-bond donors (Lipinski definition) is 2. The summed E-state index contributed by atoms with van der Waals surface area (Å²) in [6.07, 6.45) is 2.01. The standard InChI is InChI=1S/C23H26Cl2N4O4/c1-23(2,3)33-22(32)29-11-9-14(10-12-29)20(30)27-17-6-4-5-16(25)19(17)21(31)28-18-8-7-15(24)13-26-18/h4-8,13-14H,9-12H2,1-3H3,(H,27,30)(H,26,28,31). The number of anilines is 2. The van der Waals surface area contributed by atoms with Crippen LogP contribution in [0.3, 0.4) is 0 Å². The number of aromatic nitrogens is 1. The quantitative estimate of drug-likeness (QED) is 0.608. The van der Waals surface area contributed by atoms with Crippen molar-refractivity contribution in [2.24, 2.45) is 5.92 Å². The van der Waals surface area contributed by atoms with Gasteiger partial charge in [-0.3, -0.25) is 9.59 Å². The minimum absolute atomic E-state index is 0.135. The highest BCUT2D eigenvalue weighted by atomic mass is 35.5. The minimum Gasteiger partial charge on any atom is -0.444 e. The predicted octanol–water partition coefficient (Wildman–Crippen LogP) is 5.23. The zero-order chi connectivity index (χ0) is 24.2. The Morgan fingerprint density at radius 3 is 2.36 bits per heavy atom. The van der Waals surface area contributed by atoms with Crippen LogP contribution < -0.4 is 10.6 Å². The van der Waals surface area contributed by atoms with E-state index in [9.17, 15) is 14.4 Å². The van der Waals surface area contributed by atoms with Crippen molar-refractivity contribution >= 4 is 52.6 Å². The molecule has 1 aromatic carbocycles. The molecular formula is C23H26Cl2N4O4. The van der Waals surface area contributed by atoms with Crippen LogP contribution in [0.5, 0.6) is 0 Å². The molecule has 8 nitrogen and oxygen atoms in total. The molecule has 0 radical (unpaired) electrons. The molecule has 0 aliphatic carbocycles. The van der Waals surface area contributed by atoms with E-state index < -0.39 is 11.5 Å². The van der Waals surface area contributed by atoms with Crippen LogP contribution in [0, 0.1) is 5.92 Å². The van der Waals surface area contributed by atoms with Crippen LogP contribution in [0.25, 0.3) is 0 Å². The van der Waals surface area contributed by atoms with Crippen molar-refractivity contribution in [3.63, 3.8) is 0 Å². The van der Waals surface area contributed by atoms with Crippen molar-refractivity contribution in [2.45, 2.75) is 39.2 Å². The van der Waals surface area contributed by atoms with Gasteiger partial charge in [-0.05, 0) is 57.9 Å². The van der Waals surface area contributed by atoms with E-state index >= 15 is 0 Å². The molecule has 0 spiro atoms. The van der Waals surface area contributed by atoms with Gasteiger partial charge in [0.05, 0.1) is 21.3 Å². The van der Waals surface area contributed by atoms with Crippen molar-refractivity contribution in [1.29, 1.82) is 0 Å². The highest BCUT2D eigenvalue weighted by Crippen LogP contribution is 2.28. The Hall–Kier alpha value is -2.84. The number of amides is 3. The zero-order valence-corrected chi connectivity index (χ0v) is 20.2. The first-order valence-electron chi connectivity index (χ1n) is 10.5. The molecule has 1 aliphatic rings. The molecular weight excluding hydrogens is 467 g/mol. The number of benzene rings is 1. The number of piperidine rings is 1. The smallest absolute Gasteiger partial charge is 0.410 e. The summed E-state index contributed by atoms with van der Waals surface area (Å²) in [7, 11) is 0. The van der Waals surface area contributed by atoms with E-state index in [-0.39, 0.29) is 28.5 Å². The van der Waals surface area contributed by atoms with E-state index in [0.29, 0.717) is 42.5 Å². The van der Waals surface area contributed by atoms with Crippen LogP contribution in [0.1, 0.15) is 44.0 Å². The van der Waals surface area contributed by atoms with Gasteiger partial charge in [0.1, 0.15) is 11.4 Å². The monoisotopic (exact) mass is 492 g/mol. The second kappa shape index (κ2) is 10.4. The van der Waals surface area contributed by atoms with Gasteiger partial charge >= 0.3 is 6.09 Å². The number of hydrogen-bond acceptors (Lipinski definition) is 5. The normalized spacial score (nSPS) is 14.5. The summed E-state index contributed by atoms with van der Waals surface area (Å²) in [4.78, 5) is 43.6. The maximum Gasteiger partial charge on any atom is 0.410 e. The molecule has 2 heterocycles. The van der Waals surface area contributed by atoms with Gasteiger partial charge < -0.3 is 20.3 Å². The summed E-state index contributed by atoms with van der Waals surface area (Å²) in [6, 6.07) is 8.00. The maximum atomic E-state index is 12.9. The van der Waals surface area contributed by atoms with Crippen LogP contribution in [-0.2, 0) is 9.53 Å². The molecule has 3 amide bonds. The lowest BCUT2D eigenvalue weighted by Crippen LogP contribution is -2.43. The Kier molecular flexibility index (Phi) is 7.81. The number of ether oxygens (including phenoxy) is 1. The molecule has 2 N–H and O–H groups in total. The number of likely N-dealkylation sites (tertiary alicyclic amines) is 1. The topological polar surface area (TPSA) is 101 Å². The summed E-state index contributed by atoms with van der Waals surface area (Å²) in [5, 5.41) is 6.11.